The van der Waals surface area contributed by atoms with Crippen molar-refractivity contribution in [3.05, 3.63) is 24.0 Å². The molecule has 1 saturated heterocycles. The van der Waals surface area contributed by atoms with Gasteiger partial charge in [0.2, 0.25) is 5.82 Å². The average Bonchev–Trinajstić information content (AvgIpc) is 3.04. The Hall–Kier alpha value is -2.12. The van der Waals surface area contributed by atoms with Gasteiger partial charge in [0, 0.05) is 13.1 Å². The van der Waals surface area contributed by atoms with Crippen LogP contribution in [0.25, 0.3) is 11.5 Å². The van der Waals surface area contributed by atoms with Crippen LogP contribution in [0.5, 0.6) is 11.5 Å². The minimum absolute atomic E-state index is 0.197. The molecule has 0 saturated carbocycles. The van der Waals surface area contributed by atoms with Crippen LogP contribution >= 0.6 is 0 Å². The summed E-state index contributed by atoms with van der Waals surface area (Å²) in [5.74, 6) is 2.11. The van der Waals surface area contributed by atoms with E-state index >= 15 is 0 Å². The third kappa shape index (κ3) is 2.70. The topological polar surface area (TPSA) is 78.6 Å². The molecule has 1 aromatic heterocycles. The van der Waals surface area contributed by atoms with Gasteiger partial charge in [-0.25, -0.2) is 0 Å². The van der Waals surface area contributed by atoms with Crippen molar-refractivity contribution in [2.75, 3.05) is 33.9 Å². The largest absolute Gasteiger partial charge is 0.496 e. The van der Waals surface area contributed by atoms with Crippen LogP contribution in [0.2, 0.25) is 0 Å². The molecule has 1 aliphatic rings. The van der Waals surface area contributed by atoms with Crippen LogP contribution in [-0.4, -0.2) is 44.1 Å². The molecule has 1 fully saturated rings. The zero-order valence-corrected chi connectivity index (χ0v) is 12.0. The molecule has 1 aliphatic heterocycles. The highest BCUT2D eigenvalue weighted by atomic mass is 16.5. The lowest BCUT2D eigenvalue weighted by Crippen LogP contribution is -2.33. The lowest BCUT2D eigenvalue weighted by Gasteiger charge is -2.20. The van der Waals surface area contributed by atoms with E-state index in [0.717, 1.165) is 6.54 Å². The van der Waals surface area contributed by atoms with E-state index in [-0.39, 0.29) is 6.10 Å². The number of aromatic nitrogens is 2. The van der Waals surface area contributed by atoms with Crippen molar-refractivity contribution in [3.8, 4) is 23.0 Å². The summed E-state index contributed by atoms with van der Waals surface area (Å²) in [4.78, 5) is 4.42. The monoisotopic (exact) mass is 291 g/mol. The van der Waals surface area contributed by atoms with E-state index in [0.29, 0.717) is 41.9 Å². The summed E-state index contributed by atoms with van der Waals surface area (Å²) in [7, 11) is 3.17. The third-order valence-electron chi connectivity index (χ3n) is 3.30. The molecule has 0 amide bonds. The molecule has 0 bridgehead atoms. The molecule has 1 atom stereocenters. The van der Waals surface area contributed by atoms with Gasteiger partial charge in [-0.2, -0.15) is 4.98 Å². The zero-order valence-electron chi connectivity index (χ0n) is 12.0. The van der Waals surface area contributed by atoms with Crippen LogP contribution in [0.3, 0.4) is 0 Å². The quantitative estimate of drug-likeness (QED) is 0.912. The Morgan fingerprint density at radius 2 is 2.00 bits per heavy atom. The van der Waals surface area contributed by atoms with Gasteiger partial charge in [-0.1, -0.05) is 11.2 Å². The predicted octanol–water partition coefficient (Wildman–Crippen LogP) is 1.41. The number of ether oxygens (including phenoxy) is 3. The van der Waals surface area contributed by atoms with E-state index < -0.39 is 0 Å². The lowest BCUT2D eigenvalue weighted by molar-refractivity contribution is 0.0208. The number of morpholine rings is 1. The molecule has 112 valence electrons. The molecule has 7 heteroatoms. The molecule has 21 heavy (non-hydrogen) atoms. The van der Waals surface area contributed by atoms with Gasteiger partial charge in [0.05, 0.1) is 20.8 Å². The zero-order chi connectivity index (χ0) is 14.7. The lowest BCUT2D eigenvalue weighted by atomic mass is 10.1. The van der Waals surface area contributed by atoms with E-state index in [1.165, 1.54) is 0 Å². The molecule has 0 spiro atoms. The molecule has 2 aromatic rings. The number of hydrogen-bond acceptors (Lipinski definition) is 7. The molecular weight excluding hydrogens is 274 g/mol. The smallest absolute Gasteiger partial charge is 0.265 e. The maximum absolute atomic E-state index is 5.62. The summed E-state index contributed by atoms with van der Waals surface area (Å²) in [6.07, 6.45) is -0.197. The average molecular weight is 291 g/mol. The number of nitrogens with one attached hydrogen (secondary N) is 1. The Bertz CT molecular complexity index is 586. The highest BCUT2D eigenvalue weighted by molar-refractivity contribution is 5.70. The normalized spacial score (nSPS) is 18.5. The summed E-state index contributed by atoms with van der Waals surface area (Å²) >= 11 is 0. The van der Waals surface area contributed by atoms with Crippen molar-refractivity contribution in [3.63, 3.8) is 0 Å². The minimum atomic E-state index is -0.197. The van der Waals surface area contributed by atoms with E-state index in [9.17, 15) is 0 Å². The fourth-order valence-electron chi connectivity index (χ4n) is 2.26. The maximum atomic E-state index is 5.62. The van der Waals surface area contributed by atoms with Gasteiger partial charge in [0.25, 0.3) is 5.89 Å². The Kier molecular flexibility index (Phi) is 4.03. The highest BCUT2D eigenvalue weighted by Gasteiger charge is 2.24. The fraction of sp³-hybridized carbons (Fsp3) is 0.429. The Balaban J connectivity index is 1.95. The number of methoxy groups -OCH3 is 2. The van der Waals surface area contributed by atoms with Gasteiger partial charge in [-0.3, -0.25) is 0 Å². The van der Waals surface area contributed by atoms with Gasteiger partial charge in [-0.05, 0) is 12.1 Å². The van der Waals surface area contributed by atoms with Crippen molar-refractivity contribution < 1.29 is 18.7 Å². The Morgan fingerprint density at radius 3 is 2.62 bits per heavy atom. The number of benzene rings is 1. The number of rotatable bonds is 4. The maximum Gasteiger partial charge on any atom is 0.265 e. The summed E-state index contributed by atoms with van der Waals surface area (Å²) in [5.41, 5.74) is 0.644. The second-order valence-electron chi connectivity index (χ2n) is 4.56. The summed E-state index contributed by atoms with van der Waals surface area (Å²) in [6.45, 7) is 2.14. The predicted molar refractivity (Wildman–Crippen MR) is 74.4 cm³/mol. The van der Waals surface area contributed by atoms with Gasteiger partial charge < -0.3 is 24.1 Å². The SMILES string of the molecule is COc1cccc(OC)c1-c1nc(C2CNCCO2)no1. The van der Waals surface area contributed by atoms with Crippen molar-refractivity contribution in [2.24, 2.45) is 0 Å². The van der Waals surface area contributed by atoms with Crippen LogP contribution in [0.4, 0.5) is 0 Å². The molecule has 1 N–H and O–H groups in total. The van der Waals surface area contributed by atoms with E-state index in [4.69, 9.17) is 18.7 Å². The molecule has 2 heterocycles. The molecule has 3 rings (SSSR count). The first-order valence-electron chi connectivity index (χ1n) is 6.70. The molecule has 0 radical (unpaired) electrons. The van der Waals surface area contributed by atoms with Crippen LogP contribution in [0, 0.1) is 0 Å². The van der Waals surface area contributed by atoms with Gasteiger partial charge in [0.1, 0.15) is 23.2 Å². The molecule has 1 unspecified atom stereocenters. The molecule has 0 aliphatic carbocycles. The van der Waals surface area contributed by atoms with Crippen LogP contribution in [-0.2, 0) is 4.74 Å². The first-order valence-corrected chi connectivity index (χ1v) is 6.70. The van der Waals surface area contributed by atoms with Gasteiger partial charge in [-0.15, -0.1) is 0 Å². The number of nitrogens with zero attached hydrogens (tertiary/aromatic N) is 2. The molecule has 7 nitrogen and oxygen atoms in total. The van der Waals surface area contributed by atoms with Crippen molar-refractivity contribution in [1.29, 1.82) is 0 Å². The molecular formula is C14H17N3O4. The third-order valence-corrected chi connectivity index (χ3v) is 3.30. The van der Waals surface area contributed by atoms with E-state index in [2.05, 4.69) is 15.5 Å². The second kappa shape index (κ2) is 6.11. The first-order chi connectivity index (χ1) is 10.3. The summed E-state index contributed by atoms with van der Waals surface area (Å²) in [5, 5.41) is 7.24. The minimum Gasteiger partial charge on any atom is -0.496 e. The van der Waals surface area contributed by atoms with Crippen molar-refractivity contribution >= 4 is 0 Å². The molecule has 1 aromatic carbocycles. The Labute approximate surface area is 122 Å². The number of hydrogen-bond donors (Lipinski definition) is 1. The Morgan fingerprint density at radius 1 is 1.24 bits per heavy atom. The van der Waals surface area contributed by atoms with E-state index in [1.54, 1.807) is 14.2 Å². The van der Waals surface area contributed by atoms with Crippen LogP contribution in [0.1, 0.15) is 11.9 Å². The first kappa shape index (κ1) is 13.8. The second-order valence-corrected chi connectivity index (χ2v) is 4.56. The van der Waals surface area contributed by atoms with Crippen molar-refractivity contribution in [2.45, 2.75) is 6.10 Å². The highest BCUT2D eigenvalue weighted by Crippen LogP contribution is 2.37. The van der Waals surface area contributed by atoms with E-state index in [1.807, 2.05) is 18.2 Å². The fourth-order valence-corrected chi connectivity index (χ4v) is 2.26. The summed E-state index contributed by atoms with van der Waals surface area (Å²) in [6, 6.07) is 5.48. The van der Waals surface area contributed by atoms with Crippen LogP contribution < -0.4 is 14.8 Å². The summed E-state index contributed by atoms with van der Waals surface area (Å²) < 4.78 is 21.7. The van der Waals surface area contributed by atoms with Gasteiger partial charge >= 0.3 is 0 Å². The standard InChI is InChI=1S/C14H17N3O4/c1-18-9-4-3-5-10(19-2)12(9)14-16-13(17-21-14)11-8-15-6-7-20-11/h3-5,11,15H,6-8H2,1-2H3. The van der Waals surface area contributed by atoms with Gasteiger partial charge in [0.15, 0.2) is 0 Å². The van der Waals surface area contributed by atoms with Crippen molar-refractivity contribution in [1.82, 2.24) is 15.5 Å². The van der Waals surface area contributed by atoms with Crippen LogP contribution in [0.15, 0.2) is 22.7 Å².